The molecule has 1 saturated heterocycles. The molecule has 0 bridgehead atoms. The molecule has 0 aromatic carbocycles. The second kappa shape index (κ2) is 7.06. The van der Waals surface area contributed by atoms with Crippen LogP contribution in [0, 0.1) is 5.92 Å². The lowest BCUT2D eigenvalue weighted by Crippen LogP contribution is -2.38. The highest BCUT2D eigenvalue weighted by Gasteiger charge is 2.38. The zero-order chi connectivity index (χ0) is 19.7. The number of pyridine rings is 1. The van der Waals surface area contributed by atoms with Gasteiger partial charge in [-0.3, -0.25) is 4.79 Å². The van der Waals surface area contributed by atoms with Crippen LogP contribution in [0.25, 0.3) is 5.65 Å². The van der Waals surface area contributed by atoms with Gasteiger partial charge in [-0.25, -0.2) is 4.98 Å². The Hall–Kier alpha value is -3.24. The largest absolute Gasteiger partial charge is 0.453 e. The van der Waals surface area contributed by atoms with Crippen LogP contribution in [0.3, 0.4) is 0 Å². The van der Waals surface area contributed by atoms with Crippen LogP contribution < -0.4 is 10.2 Å². The number of alkyl halides is 3. The molecule has 0 unspecified atom stereocenters. The first-order valence-corrected chi connectivity index (χ1v) is 8.68. The van der Waals surface area contributed by atoms with Crippen molar-refractivity contribution in [3.05, 3.63) is 42.4 Å². The van der Waals surface area contributed by atoms with Gasteiger partial charge in [0.15, 0.2) is 5.65 Å². The molecule has 3 aromatic rings. The van der Waals surface area contributed by atoms with E-state index in [0.29, 0.717) is 42.1 Å². The topological polar surface area (TPSA) is 88.3 Å². The lowest BCUT2D eigenvalue weighted by atomic mass is 9.96. The highest BCUT2D eigenvalue weighted by atomic mass is 19.4. The average molecular weight is 391 g/mol. The van der Waals surface area contributed by atoms with Gasteiger partial charge >= 0.3 is 6.18 Å². The van der Waals surface area contributed by atoms with Crippen LogP contribution in [0.2, 0.25) is 0 Å². The monoisotopic (exact) mass is 391 g/mol. The Balaban J connectivity index is 1.44. The van der Waals surface area contributed by atoms with Gasteiger partial charge in [0.2, 0.25) is 5.91 Å². The summed E-state index contributed by atoms with van der Waals surface area (Å²) in [5, 5.41) is 13.5. The number of nitrogens with one attached hydrogen (secondary N) is 1. The zero-order valence-corrected chi connectivity index (χ0v) is 14.6. The Kier molecular flexibility index (Phi) is 4.57. The summed E-state index contributed by atoms with van der Waals surface area (Å²) in [7, 11) is 0. The van der Waals surface area contributed by atoms with E-state index in [2.05, 4.69) is 25.6 Å². The molecule has 3 aromatic heterocycles. The third kappa shape index (κ3) is 3.59. The third-order valence-electron chi connectivity index (χ3n) is 4.61. The fourth-order valence-electron chi connectivity index (χ4n) is 3.16. The van der Waals surface area contributed by atoms with Gasteiger partial charge in [-0.05, 0) is 37.1 Å². The average Bonchev–Trinajstić information content (AvgIpc) is 3.12. The second-order valence-electron chi connectivity index (χ2n) is 6.45. The van der Waals surface area contributed by atoms with E-state index >= 15 is 0 Å². The zero-order valence-electron chi connectivity index (χ0n) is 14.6. The van der Waals surface area contributed by atoms with Crippen LogP contribution >= 0.6 is 0 Å². The highest BCUT2D eigenvalue weighted by molar-refractivity contribution is 5.91. The predicted octanol–water partition coefficient (Wildman–Crippen LogP) is 2.39. The molecule has 0 aliphatic carbocycles. The molecule has 4 rings (SSSR count). The molecular formula is C17H16F3N7O. The first kappa shape index (κ1) is 18.1. The van der Waals surface area contributed by atoms with E-state index in [1.54, 1.807) is 30.5 Å². The maximum Gasteiger partial charge on any atom is 0.453 e. The SMILES string of the molecule is O=C(Nc1ccccn1)C1CCN(c2ccc3nnc(C(F)(F)F)n3n2)CC1. The van der Waals surface area contributed by atoms with E-state index in [9.17, 15) is 18.0 Å². The van der Waals surface area contributed by atoms with Crippen LogP contribution in [0.4, 0.5) is 24.8 Å². The van der Waals surface area contributed by atoms with Gasteiger partial charge in [-0.1, -0.05) is 6.07 Å². The number of hydrogen-bond acceptors (Lipinski definition) is 6. The molecule has 1 amide bonds. The van der Waals surface area contributed by atoms with Crippen molar-refractivity contribution < 1.29 is 18.0 Å². The number of fused-ring (bicyclic) bond motifs is 1. The maximum atomic E-state index is 13.0. The van der Waals surface area contributed by atoms with Crippen LogP contribution in [0.1, 0.15) is 18.7 Å². The summed E-state index contributed by atoms with van der Waals surface area (Å²) in [5.74, 6) is -0.577. The Morgan fingerprint density at radius 3 is 2.57 bits per heavy atom. The number of carbonyl (C=O) groups is 1. The number of nitrogens with zero attached hydrogens (tertiary/aromatic N) is 6. The Labute approximate surface area is 157 Å². The number of aromatic nitrogens is 5. The minimum Gasteiger partial charge on any atom is -0.355 e. The number of piperidine rings is 1. The molecule has 1 fully saturated rings. The summed E-state index contributed by atoms with van der Waals surface area (Å²) < 4.78 is 39.8. The van der Waals surface area contributed by atoms with Crippen molar-refractivity contribution in [2.24, 2.45) is 5.92 Å². The molecule has 1 aliphatic heterocycles. The molecule has 146 valence electrons. The van der Waals surface area contributed by atoms with Crippen molar-refractivity contribution in [3.8, 4) is 0 Å². The molecule has 8 nitrogen and oxygen atoms in total. The number of rotatable bonds is 3. The summed E-state index contributed by atoms with van der Waals surface area (Å²) >= 11 is 0. The van der Waals surface area contributed by atoms with Gasteiger partial charge in [0.1, 0.15) is 11.6 Å². The van der Waals surface area contributed by atoms with E-state index in [-0.39, 0.29) is 17.5 Å². The molecule has 0 atom stereocenters. The van der Waals surface area contributed by atoms with Crippen LogP contribution in [0.5, 0.6) is 0 Å². The van der Waals surface area contributed by atoms with Crippen molar-refractivity contribution >= 4 is 23.2 Å². The van der Waals surface area contributed by atoms with Crippen molar-refractivity contribution in [2.45, 2.75) is 19.0 Å². The molecule has 1 N–H and O–H groups in total. The van der Waals surface area contributed by atoms with Crippen molar-refractivity contribution in [3.63, 3.8) is 0 Å². The van der Waals surface area contributed by atoms with Gasteiger partial charge in [0.25, 0.3) is 5.82 Å². The van der Waals surface area contributed by atoms with Crippen LogP contribution in [0.15, 0.2) is 36.5 Å². The number of amides is 1. The van der Waals surface area contributed by atoms with Gasteiger partial charge in [0, 0.05) is 25.2 Å². The molecular weight excluding hydrogens is 375 g/mol. The van der Waals surface area contributed by atoms with Crippen molar-refractivity contribution in [2.75, 3.05) is 23.3 Å². The van der Waals surface area contributed by atoms with Crippen molar-refractivity contribution in [1.29, 1.82) is 0 Å². The second-order valence-corrected chi connectivity index (χ2v) is 6.45. The third-order valence-corrected chi connectivity index (χ3v) is 4.61. The van der Waals surface area contributed by atoms with E-state index < -0.39 is 12.0 Å². The van der Waals surface area contributed by atoms with Gasteiger partial charge in [-0.15, -0.1) is 15.3 Å². The quantitative estimate of drug-likeness (QED) is 0.738. The molecule has 4 heterocycles. The Bertz CT molecular complexity index is 981. The summed E-state index contributed by atoms with van der Waals surface area (Å²) in [6.45, 7) is 1.00. The molecule has 11 heteroatoms. The lowest BCUT2D eigenvalue weighted by molar-refractivity contribution is -0.146. The highest BCUT2D eigenvalue weighted by Crippen LogP contribution is 2.28. The maximum absolute atomic E-state index is 13.0. The molecule has 0 radical (unpaired) electrons. The van der Waals surface area contributed by atoms with Crippen LogP contribution in [-0.4, -0.2) is 43.8 Å². The summed E-state index contributed by atoms with van der Waals surface area (Å²) in [5.41, 5.74) is 0.0284. The van der Waals surface area contributed by atoms with Gasteiger partial charge in [0.05, 0.1) is 0 Å². The minimum atomic E-state index is -4.64. The van der Waals surface area contributed by atoms with Gasteiger partial charge < -0.3 is 10.2 Å². The molecule has 0 saturated carbocycles. The predicted molar refractivity (Wildman–Crippen MR) is 93.6 cm³/mol. The van der Waals surface area contributed by atoms with Gasteiger partial charge in [-0.2, -0.15) is 17.7 Å². The van der Waals surface area contributed by atoms with E-state index in [4.69, 9.17) is 0 Å². The number of anilines is 2. The number of carbonyl (C=O) groups excluding carboxylic acids is 1. The van der Waals surface area contributed by atoms with Crippen molar-refractivity contribution in [1.82, 2.24) is 24.8 Å². The van der Waals surface area contributed by atoms with E-state index in [0.717, 1.165) is 0 Å². The lowest BCUT2D eigenvalue weighted by Gasteiger charge is -2.31. The van der Waals surface area contributed by atoms with E-state index in [1.807, 2.05) is 4.90 Å². The Morgan fingerprint density at radius 1 is 1.11 bits per heavy atom. The normalized spacial score (nSPS) is 15.8. The Morgan fingerprint density at radius 2 is 1.89 bits per heavy atom. The summed E-state index contributed by atoms with van der Waals surface area (Å²) in [6, 6.07) is 8.32. The smallest absolute Gasteiger partial charge is 0.355 e. The fraction of sp³-hybridized carbons (Fsp3) is 0.353. The first-order valence-electron chi connectivity index (χ1n) is 8.68. The van der Waals surface area contributed by atoms with Crippen LogP contribution in [-0.2, 0) is 11.0 Å². The summed E-state index contributed by atoms with van der Waals surface area (Å²) in [6.07, 6.45) is -1.92. The van der Waals surface area contributed by atoms with E-state index in [1.165, 1.54) is 6.07 Å². The first-order chi connectivity index (χ1) is 13.4. The number of halogens is 3. The standard InChI is InChI=1S/C17H16F3N7O/c18-17(19,20)16-24-23-13-4-5-14(25-27(13)16)26-9-6-11(7-10-26)15(28)22-12-3-1-2-8-21-12/h1-5,8,11H,6-7,9-10H2,(H,21,22,28). The fourth-order valence-corrected chi connectivity index (χ4v) is 3.16. The molecule has 0 spiro atoms. The number of hydrogen-bond donors (Lipinski definition) is 1. The minimum absolute atomic E-state index is 0.0284. The molecule has 28 heavy (non-hydrogen) atoms. The molecule has 1 aliphatic rings. The summed E-state index contributed by atoms with van der Waals surface area (Å²) in [4.78, 5) is 18.3.